The standard InChI is InChI=1S/C16H16N2O/c1-12-6-8-13(9-7-12)18-11-10-17-16(19)14-4-2-3-5-15(14)18/h2-9H,10-11H2,1H3,(H,17,19). The Morgan fingerprint density at radius 1 is 1.05 bits per heavy atom. The van der Waals surface area contributed by atoms with Crippen LogP contribution >= 0.6 is 0 Å². The van der Waals surface area contributed by atoms with Crippen molar-refractivity contribution in [2.24, 2.45) is 0 Å². The summed E-state index contributed by atoms with van der Waals surface area (Å²) in [7, 11) is 0. The molecule has 19 heavy (non-hydrogen) atoms. The molecule has 3 nitrogen and oxygen atoms in total. The van der Waals surface area contributed by atoms with Gasteiger partial charge in [0.2, 0.25) is 0 Å². The first-order valence-corrected chi connectivity index (χ1v) is 6.47. The fourth-order valence-corrected chi connectivity index (χ4v) is 2.39. The normalized spacial score (nSPS) is 14.6. The number of fused-ring (bicyclic) bond motifs is 1. The average molecular weight is 252 g/mol. The summed E-state index contributed by atoms with van der Waals surface area (Å²) in [6, 6.07) is 16.1. The van der Waals surface area contributed by atoms with Crippen LogP contribution in [0.4, 0.5) is 11.4 Å². The maximum absolute atomic E-state index is 12.0. The minimum atomic E-state index is 0.00483. The number of carbonyl (C=O) groups excluding carboxylic acids is 1. The van der Waals surface area contributed by atoms with Crippen LogP contribution in [-0.4, -0.2) is 19.0 Å². The van der Waals surface area contributed by atoms with E-state index in [2.05, 4.69) is 41.4 Å². The topological polar surface area (TPSA) is 32.3 Å². The van der Waals surface area contributed by atoms with E-state index >= 15 is 0 Å². The Morgan fingerprint density at radius 2 is 1.79 bits per heavy atom. The molecule has 0 aliphatic carbocycles. The molecule has 0 unspecified atom stereocenters. The molecular formula is C16H16N2O. The second-order valence-corrected chi connectivity index (χ2v) is 4.76. The van der Waals surface area contributed by atoms with Gasteiger partial charge in [-0.1, -0.05) is 29.8 Å². The fraction of sp³-hybridized carbons (Fsp3) is 0.188. The van der Waals surface area contributed by atoms with Crippen LogP contribution in [0.3, 0.4) is 0 Å². The van der Waals surface area contributed by atoms with Crippen molar-refractivity contribution < 1.29 is 4.79 Å². The second-order valence-electron chi connectivity index (χ2n) is 4.76. The van der Waals surface area contributed by atoms with Crippen LogP contribution < -0.4 is 10.2 Å². The number of carbonyl (C=O) groups is 1. The SMILES string of the molecule is Cc1ccc(N2CCNC(=O)c3ccccc32)cc1. The zero-order valence-electron chi connectivity index (χ0n) is 10.9. The van der Waals surface area contributed by atoms with Crippen LogP contribution in [0, 0.1) is 6.92 Å². The van der Waals surface area contributed by atoms with Gasteiger partial charge in [-0.25, -0.2) is 0 Å². The van der Waals surface area contributed by atoms with E-state index in [4.69, 9.17) is 0 Å². The van der Waals surface area contributed by atoms with Crippen molar-refractivity contribution in [2.75, 3.05) is 18.0 Å². The van der Waals surface area contributed by atoms with Crippen molar-refractivity contribution in [3.05, 3.63) is 59.7 Å². The largest absolute Gasteiger partial charge is 0.350 e. The molecule has 1 heterocycles. The third kappa shape index (κ3) is 2.19. The molecule has 1 aliphatic heterocycles. The van der Waals surface area contributed by atoms with Crippen molar-refractivity contribution in [2.45, 2.75) is 6.92 Å². The van der Waals surface area contributed by atoms with Crippen molar-refractivity contribution in [3.8, 4) is 0 Å². The summed E-state index contributed by atoms with van der Waals surface area (Å²) >= 11 is 0. The third-order valence-electron chi connectivity index (χ3n) is 3.41. The van der Waals surface area contributed by atoms with Gasteiger partial charge < -0.3 is 10.2 Å². The number of nitrogens with one attached hydrogen (secondary N) is 1. The van der Waals surface area contributed by atoms with E-state index in [1.54, 1.807) is 0 Å². The van der Waals surface area contributed by atoms with Crippen molar-refractivity contribution in [3.63, 3.8) is 0 Å². The quantitative estimate of drug-likeness (QED) is 0.846. The lowest BCUT2D eigenvalue weighted by Crippen LogP contribution is -2.27. The highest BCUT2D eigenvalue weighted by Gasteiger charge is 2.20. The number of hydrogen-bond donors (Lipinski definition) is 1. The molecule has 96 valence electrons. The molecule has 0 atom stereocenters. The van der Waals surface area contributed by atoms with Gasteiger partial charge in [-0.05, 0) is 31.2 Å². The summed E-state index contributed by atoms with van der Waals surface area (Å²) in [5, 5.41) is 2.93. The van der Waals surface area contributed by atoms with E-state index in [1.807, 2.05) is 24.3 Å². The molecule has 1 aliphatic rings. The van der Waals surface area contributed by atoms with Gasteiger partial charge in [0.05, 0.1) is 11.3 Å². The van der Waals surface area contributed by atoms with E-state index in [1.165, 1.54) is 5.56 Å². The molecule has 2 aromatic carbocycles. The van der Waals surface area contributed by atoms with Crippen LogP contribution in [0.25, 0.3) is 0 Å². The lowest BCUT2D eigenvalue weighted by atomic mass is 10.1. The Hall–Kier alpha value is -2.29. The zero-order valence-corrected chi connectivity index (χ0v) is 10.9. The molecule has 1 N–H and O–H groups in total. The Balaban J connectivity index is 2.08. The zero-order chi connectivity index (χ0) is 13.2. The van der Waals surface area contributed by atoms with Crippen LogP contribution in [0.2, 0.25) is 0 Å². The Kier molecular flexibility index (Phi) is 2.95. The molecule has 3 heteroatoms. The predicted molar refractivity (Wildman–Crippen MR) is 77.0 cm³/mol. The second kappa shape index (κ2) is 4.76. The highest BCUT2D eigenvalue weighted by Crippen LogP contribution is 2.29. The van der Waals surface area contributed by atoms with Gasteiger partial charge in [0.1, 0.15) is 0 Å². The van der Waals surface area contributed by atoms with Gasteiger partial charge in [-0.2, -0.15) is 0 Å². The van der Waals surface area contributed by atoms with Crippen LogP contribution in [0.15, 0.2) is 48.5 Å². The lowest BCUT2D eigenvalue weighted by molar-refractivity contribution is 0.0958. The Morgan fingerprint density at radius 3 is 2.58 bits per heavy atom. The van der Waals surface area contributed by atoms with Gasteiger partial charge in [0.25, 0.3) is 5.91 Å². The molecule has 3 rings (SSSR count). The van der Waals surface area contributed by atoms with Crippen molar-refractivity contribution >= 4 is 17.3 Å². The average Bonchev–Trinajstić information content (AvgIpc) is 2.60. The highest BCUT2D eigenvalue weighted by atomic mass is 16.1. The number of aryl methyl sites for hydroxylation is 1. The first-order valence-electron chi connectivity index (χ1n) is 6.47. The first kappa shape index (κ1) is 11.8. The maximum atomic E-state index is 12.0. The summed E-state index contributed by atoms with van der Waals surface area (Å²) in [4.78, 5) is 14.2. The van der Waals surface area contributed by atoms with Crippen molar-refractivity contribution in [1.82, 2.24) is 5.32 Å². The molecule has 0 saturated heterocycles. The molecule has 0 saturated carbocycles. The monoisotopic (exact) mass is 252 g/mol. The van der Waals surface area contributed by atoms with Gasteiger partial charge in [0, 0.05) is 18.8 Å². The molecule has 1 amide bonds. The number of anilines is 2. The third-order valence-corrected chi connectivity index (χ3v) is 3.41. The summed E-state index contributed by atoms with van der Waals surface area (Å²) in [5.74, 6) is 0.00483. The predicted octanol–water partition coefficient (Wildman–Crippen LogP) is 2.88. The van der Waals surface area contributed by atoms with E-state index in [0.717, 1.165) is 23.5 Å². The minimum Gasteiger partial charge on any atom is -0.350 e. The smallest absolute Gasteiger partial charge is 0.253 e. The summed E-state index contributed by atoms with van der Waals surface area (Å²) in [6.07, 6.45) is 0. The molecule has 2 aromatic rings. The first-order chi connectivity index (χ1) is 9.25. The van der Waals surface area contributed by atoms with Gasteiger partial charge >= 0.3 is 0 Å². The highest BCUT2D eigenvalue weighted by molar-refractivity contribution is 6.01. The minimum absolute atomic E-state index is 0.00483. The van der Waals surface area contributed by atoms with E-state index < -0.39 is 0 Å². The lowest BCUT2D eigenvalue weighted by Gasteiger charge is -2.24. The molecule has 0 spiro atoms. The molecule has 0 fully saturated rings. The van der Waals surface area contributed by atoms with E-state index in [0.29, 0.717) is 6.54 Å². The maximum Gasteiger partial charge on any atom is 0.253 e. The Labute approximate surface area is 112 Å². The number of amides is 1. The number of nitrogens with zero attached hydrogens (tertiary/aromatic N) is 1. The molecule has 0 radical (unpaired) electrons. The number of benzene rings is 2. The van der Waals surface area contributed by atoms with Gasteiger partial charge in [-0.15, -0.1) is 0 Å². The van der Waals surface area contributed by atoms with Gasteiger partial charge in [0.15, 0.2) is 0 Å². The van der Waals surface area contributed by atoms with E-state index in [9.17, 15) is 4.79 Å². The number of para-hydroxylation sites is 1. The van der Waals surface area contributed by atoms with Crippen LogP contribution in [0.5, 0.6) is 0 Å². The summed E-state index contributed by atoms with van der Waals surface area (Å²) < 4.78 is 0. The number of hydrogen-bond acceptors (Lipinski definition) is 2. The summed E-state index contributed by atoms with van der Waals surface area (Å²) in [6.45, 7) is 3.51. The summed E-state index contributed by atoms with van der Waals surface area (Å²) in [5.41, 5.74) is 4.07. The van der Waals surface area contributed by atoms with Crippen molar-refractivity contribution in [1.29, 1.82) is 0 Å². The van der Waals surface area contributed by atoms with Crippen LogP contribution in [-0.2, 0) is 0 Å². The molecular weight excluding hydrogens is 236 g/mol. The van der Waals surface area contributed by atoms with E-state index in [-0.39, 0.29) is 5.91 Å². The Bertz CT molecular complexity index is 604. The number of rotatable bonds is 1. The van der Waals surface area contributed by atoms with Crippen LogP contribution in [0.1, 0.15) is 15.9 Å². The molecule has 0 bridgehead atoms. The molecule has 0 aromatic heterocycles. The fourth-order valence-electron chi connectivity index (χ4n) is 2.39. The van der Waals surface area contributed by atoms with Gasteiger partial charge in [-0.3, -0.25) is 4.79 Å².